The summed E-state index contributed by atoms with van der Waals surface area (Å²) in [6, 6.07) is 14.5. The molecule has 1 aromatic heterocycles. The summed E-state index contributed by atoms with van der Waals surface area (Å²) in [4.78, 5) is 49.9. The molecule has 1 unspecified atom stereocenters. The van der Waals surface area contributed by atoms with Crippen LogP contribution in [-0.4, -0.2) is 21.4 Å². The minimum atomic E-state index is -1.30. The van der Waals surface area contributed by atoms with Crippen LogP contribution in [0.15, 0.2) is 76.4 Å². The van der Waals surface area contributed by atoms with Crippen molar-refractivity contribution >= 4 is 17.6 Å². The maximum Gasteiger partial charge on any atom is 0.328 e. The fourth-order valence-corrected chi connectivity index (χ4v) is 2.52. The molecule has 0 fully saturated rings. The zero-order valence-electron chi connectivity index (χ0n) is 15.0. The standard InChI is InChI=1S/C20H16FN3O5/c21-14-6-8-15(9-7-14)22-19(27)18(13-4-2-1-3-5-13)29-17(26)12-24-11-10-16(25)23-20(24)28/h1-11,18H,12H2,(H,22,27)(H,23,25,28). The van der Waals surface area contributed by atoms with Crippen LogP contribution in [0.4, 0.5) is 10.1 Å². The normalized spacial score (nSPS) is 11.5. The number of halogens is 1. The molecule has 0 spiro atoms. The van der Waals surface area contributed by atoms with Crippen molar-refractivity contribution in [1.29, 1.82) is 0 Å². The molecule has 29 heavy (non-hydrogen) atoms. The van der Waals surface area contributed by atoms with Gasteiger partial charge in [0.1, 0.15) is 12.4 Å². The second-order valence-electron chi connectivity index (χ2n) is 6.01. The molecule has 148 valence electrons. The Morgan fingerprint density at radius 3 is 2.38 bits per heavy atom. The van der Waals surface area contributed by atoms with Gasteiger partial charge >= 0.3 is 11.7 Å². The van der Waals surface area contributed by atoms with E-state index < -0.39 is 41.6 Å². The number of aromatic nitrogens is 2. The van der Waals surface area contributed by atoms with Crippen LogP contribution in [-0.2, 0) is 20.9 Å². The van der Waals surface area contributed by atoms with E-state index in [4.69, 9.17) is 4.74 Å². The highest BCUT2D eigenvalue weighted by atomic mass is 19.1. The highest BCUT2D eigenvalue weighted by Gasteiger charge is 2.25. The van der Waals surface area contributed by atoms with Crippen molar-refractivity contribution in [1.82, 2.24) is 9.55 Å². The molecule has 1 atom stereocenters. The molecule has 0 saturated heterocycles. The smallest absolute Gasteiger partial charge is 0.328 e. The number of nitrogens with one attached hydrogen (secondary N) is 2. The maximum atomic E-state index is 13.1. The molecule has 1 heterocycles. The first-order chi connectivity index (χ1) is 13.9. The van der Waals surface area contributed by atoms with Gasteiger partial charge in [0.05, 0.1) is 0 Å². The zero-order valence-corrected chi connectivity index (χ0v) is 15.0. The van der Waals surface area contributed by atoms with Crippen molar-refractivity contribution in [2.75, 3.05) is 5.32 Å². The number of H-pyrrole nitrogens is 1. The van der Waals surface area contributed by atoms with Gasteiger partial charge in [-0.3, -0.25) is 23.9 Å². The number of nitrogens with zero attached hydrogens (tertiary/aromatic N) is 1. The lowest BCUT2D eigenvalue weighted by molar-refractivity contribution is -0.155. The van der Waals surface area contributed by atoms with Gasteiger partial charge in [-0.05, 0) is 24.3 Å². The molecule has 0 aliphatic heterocycles. The first kappa shape index (κ1) is 19.7. The lowest BCUT2D eigenvalue weighted by atomic mass is 10.1. The number of hydrogen-bond donors (Lipinski definition) is 2. The van der Waals surface area contributed by atoms with E-state index in [1.165, 1.54) is 24.3 Å². The lowest BCUT2D eigenvalue weighted by Gasteiger charge is -2.18. The monoisotopic (exact) mass is 397 g/mol. The number of aromatic amines is 1. The van der Waals surface area contributed by atoms with Crippen molar-refractivity contribution in [3.8, 4) is 0 Å². The molecule has 2 N–H and O–H groups in total. The van der Waals surface area contributed by atoms with Gasteiger partial charge < -0.3 is 10.1 Å². The Hall–Kier alpha value is -4.01. The molecule has 0 aliphatic rings. The summed E-state index contributed by atoms with van der Waals surface area (Å²) < 4.78 is 19.3. The van der Waals surface area contributed by atoms with Crippen LogP contribution >= 0.6 is 0 Å². The summed E-state index contributed by atoms with van der Waals surface area (Å²) in [7, 11) is 0. The van der Waals surface area contributed by atoms with Gasteiger partial charge in [-0.15, -0.1) is 0 Å². The molecular weight excluding hydrogens is 381 g/mol. The average molecular weight is 397 g/mol. The largest absolute Gasteiger partial charge is 0.446 e. The van der Waals surface area contributed by atoms with Gasteiger partial charge in [0.2, 0.25) is 6.10 Å². The second-order valence-corrected chi connectivity index (χ2v) is 6.01. The van der Waals surface area contributed by atoms with E-state index in [-0.39, 0.29) is 0 Å². The Kier molecular flexibility index (Phi) is 5.98. The Bertz CT molecular complexity index is 1120. The van der Waals surface area contributed by atoms with E-state index in [9.17, 15) is 23.6 Å². The number of amides is 1. The van der Waals surface area contributed by atoms with E-state index in [2.05, 4.69) is 5.32 Å². The fourth-order valence-electron chi connectivity index (χ4n) is 2.52. The molecular formula is C20H16FN3O5. The molecule has 8 nitrogen and oxygen atoms in total. The Morgan fingerprint density at radius 1 is 1.03 bits per heavy atom. The van der Waals surface area contributed by atoms with Gasteiger partial charge in [0.25, 0.3) is 11.5 Å². The SMILES string of the molecule is O=C(Cn1ccc(=O)[nH]c1=O)OC(C(=O)Nc1ccc(F)cc1)c1ccccc1. The van der Waals surface area contributed by atoms with Crippen LogP contribution in [0, 0.1) is 5.82 Å². The van der Waals surface area contributed by atoms with E-state index in [0.717, 1.165) is 16.8 Å². The molecule has 3 rings (SSSR count). The Morgan fingerprint density at radius 2 is 1.72 bits per heavy atom. The third kappa shape index (κ3) is 5.25. The number of carbonyl (C=O) groups excluding carboxylic acids is 2. The summed E-state index contributed by atoms with van der Waals surface area (Å²) in [6.45, 7) is -0.497. The number of esters is 1. The maximum absolute atomic E-state index is 13.1. The first-order valence-corrected chi connectivity index (χ1v) is 8.53. The van der Waals surface area contributed by atoms with Crippen molar-refractivity contribution in [2.24, 2.45) is 0 Å². The molecule has 0 aliphatic carbocycles. The fraction of sp³-hybridized carbons (Fsp3) is 0.100. The first-order valence-electron chi connectivity index (χ1n) is 8.53. The van der Waals surface area contributed by atoms with E-state index in [1.54, 1.807) is 30.3 Å². The predicted octanol–water partition coefficient (Wildman–Crippen LogP) is 1.60. The Labute approximate surface area is 163 Å². The minimum Gasteiger partial charge on any atom is -0.446 e. The summed E-state index contributed by atoms with van der Waals surface area (Å²) in [5, 5.41) is 2.56. The van der Waals surface area contributed by atoms with Gasteiger partial charge in [-0.2, -0.15) is 0 Å². The van der Waals surface area contributed by atoms with E-state index in [0.29, 0.717) is 11.3 Å². The third-order valence-corrected chi connectivity index (χ3v) is 3.90. The van der Waals surface area contributed by atoms with Gasteiger partial charge in [-0.25, -0.2) is 9.18 Å². The topological polar surface area (TPSA) is 110 Å². The number of rotatable bonds is 6. The van der Waals surface area contributed by atoms with E-state index >= 15 is 0 Å². The number of hydrogen-bond acceptors (Lipinski definition) is 5. The third-order valence-electron chi connectivity index (χ3n) is 3.90. The van der Waals surface area contributed by atoms with Crippen molar-refractivity contribution in [3.63, 3.8) is 0 Å². The molecule has 1 amide bonds. The van der Waals surface area contributed by atoms with Crippen LogP contribution in [0.5, 0.6) is 0 Å². The second kappa shape index (κ2) is 8.79. The summed E-state index contributed by atoms with van der Waals surface area (Å²) in [5.74, 6) is -1.97. The molecule has 0 bridgehead atoms. The Balaban J connectivity index is 1.79. The van der Waals surface area contributed by atoms with Gasteiger partial charge in [-0.1, -0.05) is 30.3 Å². The highest BCUT2D eigenvalue weighted by molar-refractivity contribution is 5.96. The number of ether oxygens (including phenoxy) is 1. The molecule has 0 radical (unpaired) electrons. The molecule has 9 heteroatoms. The van der Waals surface area contributed by atoms with Crippen LogP contribution in [0.25, 0.3) is 0 Å². The highest BCUT2D eigenvalue weighted by Crippen LogP contribution is 2.20. The van der Waals surface area contributed by atoms with Crippen LogP contribution in [0.2, 0.25) is 0 Å². The predicted molar refractivity (Wildman–Crippen MR) is 102 cm³/mol. The number of benzene rings is 2. The zero-order chi connectivity index (χ0) is 20.8. The number of anilines is 1. The van der Waals surface area contributed by atoms with Crippen LogP contribution in [0.1, 0.15) is 11.7 Å². The lowest BCUT2D eigenvalue weighted by Crippen LogP contribution is -2.33. The summed E-state index contributed by atoms with van der Waals surface area (Å²) in [5.41, 5.74) is -0.638. The number of carbonyl (C=O) groups is 2. The van der Waals surface area contributed by atoms with Crippen molar-refractivity contribution in [2.45, 2.75) is 12.6 Å². The summed E-state index contributed by atoms with van der Waals surface area (Å²) in [6.07, 6.45) is -0.148. The minimum absolute atomic E-state index is 0.324. The molecule has 0 saturated carbocycles. The molecule has 3 aromatic rings. The van der Waals surface area contributed by atoms with Gasteiger partial charge in [0, 0.05) is 23.5 Å². The van der Waals surface area contributed by atoms with Crippen molar-refractivity contribution < 1.29 is 18.7 Å². The van der Waals surface area contributed by atoms with E-state index in [1.807, 2.05) is 4.98 Å². The van der Waals surface area contributed by atoms with Crippen LogP contribution in [0.3, 0.4) is 0 Å². The van der Waals surface area contributed by atoms with Crippen molar-refractivity contribution in [3.05, 3.63) is 99.1 Å². The van der Waals surface area contributed by atoms with Gasteiger partial charge in [0.15, 0.2) is 0 Å². The summed E-state index contributed by atoms with van der Waals surface area (Å²) >= 11 is 0. The quantitative estimate of drug-likeness (QED) is 0.614. The van der Waals surface area contributed by atoms with Crippen LogP contribution < -0.4 is 16.6 Å². The average Bonchev–Trinajstić information content (AvgIpc) is 2.70. The molecule has 2 aromatic carbocycles.